The number of carboxylic acid groups (broad SMARTS) is 1. The average molecular weight is 180 g/mol. The molecular weight excluding hydrogens is 168 g/mol. The first kappa shape index (κ1) is 8.31. The highest BCUT2D eigenvalue weighted by atomic mass is 16.4. The molecule has 70 valence electrons. The number of fused-ring (bicyclic) bond motifs is 1. The normalized spacial score (nSPS) is 15.4. The van der Waals surface area contributed by atoms with Crippen LogP contribution in [0.25, 0.3) is 0 Å². The van der Waals surface area contributed by atoms with Crippen LogP contribution >= 0.6 is 0 Å². The molecule has 2 heterocycles. The first-order valence-corrected chi connectivity index (χ1v) is 4.38. The van der Waals surface area contributed by atoms with Gasteiger partial charge in [0.05, 0.1) is 6.42 Å². The van der Waals surface area contributed by atoms with Crippen molar-refractivity contribution in [1.82, 2.24) is 10.3 Å². The molecule has 3 N–H and O–H groups in total. The van der Waals surface area contributed by atoms with Crippen LogP contribution in [-0.4, -0.2) is 22.6 Å². The number of hydrogen-bond acceptors (Lipinski definition) is 2. The molecule has 0 radical (unpaired) electrons. The molecule has 0 amide bonds. The molecule has 0 saturated carbocycles. The van der Waals surface area contributed by atoms with Crippen LogP contribution in [0.5, 0.6) is 0 Å². The lowest BCUT2D eigenvalue weighted by atomic mass is 10.1. The maximum absolute atomic E-state index is 10.4. The molecule has 0 atom stereocenters. The summed E-state index contributed by atoms with van der Waals surface area (Å²) in [6, 6.07) is 1.94. The zero-order chi connectivity index (χ0) is 9.26. The number of aromatic amines is 1. The molecule has 0 aromatic carbocycles. The van der Waals surface area contributed by atoms with Gasteiger partial charge in [0.2, 0.25) is 0 Å². The largest absolute Gasteiger partial charge is 0.481 e. The Morgan fingerprint density at radius 1 is 1.62 bits per heavy atom. The zero-order valence-electron chi connectivity index (χ0n) is 7.26. The van der Waals surface area contributed by atoms with Crippen LogP contribution < -0.4 is 5.32 Å². The van der Waals surface area contributed by atoms with E-state index < -0.39 is 5.97 Å². The van der Waals surface area contributed by atoms with E-state index in [1.54, 1.807) is 0 Å². The molecule has 1 aliphatic rings. The number of carbonyl (C=O) groups is 1. The van der Waals surface area contributed by atoms with E-state index in [1.807, 2.05) is 6.07 Å². The van der Waals surface area contributed by atoms with Gasteiger partial charge in [-0.3, -0.25) is 4.79 Å². The van der Waals surface area contributed by atoms with Crippen molar-refractivity contribution in [1.29, 1.82) is 0 Å². The minimum absolute atomic E-state index is 0.0903. The van der Waals surface area contributed by atoms with E-state index in [-0.39, 0.29) is 6.42 Å². The van der Waals surface area contributed by atoms with Crippen molar-refractivity contribution in [3.8, 4) is 0 Å². The summed E-state index contributed by atoms with van der Waals surface area (Å²) in [4.78, 5) is 13.6. The summed E-state index contributed by atoms with van der Waals surface area (Å²) in [6.45, 7) is 1.82. The highest BCUT2D eigenvalue weighted by Gasteiger charge is 2.12. The lowest BCUT2D eigenvalue weighted by Gasteiger charge is -2.11. The highest BCUT2D eigenvalue weighted by molar-refractivity contribution is 5.69. The van der Waals surface area contributed by atoms with Crippen molar-refractivity contribution in [3.05, 3.63) is 23.0 Å². The predicted octanol–water partition coefficient (Wildman–Crippen LogP) is 0.287. The van der Waals surface area contributed by atoms with Gasteiger partial charge in [0.1, 0.15) is 0 Å². The molecule has 0 bridgehead atoms. The minimum Gasteiger partial charge on any atom is -0.481 e. The summed E-state index contributed by atoms with van der Waals surface area (Å²) in [5.41, 5.74) is 3.21. The van der Waals surface area contributed by atoms with E-state index >= 15 is 0 Å². The van der Waals surface area contributed by atoms with Gasteiger partial charge < -0.3 is 15.4 Å². The van der Waals surface area contributed by atoms with Crippen LogP contribution in [0.4, 0.5) is 0 Å². The number of aromatic nitrogens is 1. The van der Waals surface area contributed by atoms with Gasteiger partial charge in [-0.05, 0) is 11.6 Å². The standard InChI is InChI=1S/C9H12N2O2/c12-9(13)4-7-3-6-5-10-2-1-8(6)11-7/h3,10-11H,1-2,4-5H2,(H,12,13). The number of nitrogens with one attached hydrogen (secondary N) is 2. The van der Waals surface area contributed by atoms with Gasteiger partial charge in [-0.15, -0.1) is 0 Å². The second-order valence-electron chi connectivity index (χ2n) is 3.30. The Morgan fingerprint density at radius 3 is 3.15 bits per heavy atom. The Labute approximate surface area is 76.0 Å². The van der Waals surface area contributed by atoms with Crippen molar-refractivity contribution < 1.29 is 9.90 Å². The van der Waals surface area contributed by atoms with E-state index in [2.05, 4.69) is 10.3 Å². The predicted molar refractivity (Wildman–Crippen MR) is 47.5 cm³/mol. The highest BCUT2D eigenvalue weighted by Crippen LogP contribution is 2.14. The van der Waals surface area contributed by atoms with Gasteiger partial charge in [-0.1, -0.05) is 0 Å². The third-order valence-corrected chi connectivity index (χ3v) is 2.26. The summed E-state index contributed by atoms with van der Waals surface area (Å²) >= 11 is 0. The maximum atomic E-state index is 10.4. The summed E-state index contributed by atoms with van der Waals surface area (Å²) in [7, 11) is 0. The molecule has 0 spiro atoms. The number of rotatable bonds is 2. The fourth-order valence-corrected chi connectivity index (χ4v) is 1.68. The van der Waals surface area contributed by atoms with Gasteiger partial charge in [0.15, 0.2) is 0 Å². The molecule has 4 heteroatoms. The van der Waals surface area contributed by atoms with Crippen molar-refractivity contribution in [2.75, 3.05) is 6.54 Å². The van der Waals surface area contributed by atoms with Crippen LogP contribution in [-0.2, 0) is 24.2 Å². The van der Waals surface area contributed by atoms with Crippen molar-refractivity contribution >= 4 is 5.97 Å². The Balaban J connectivity index is 2.20. The van der Waals surface area contributed by atoms with Crippen molar-refractivity contribution in [3.63, 3.8) is 0 Å². The fourth-order valence-electron chi connectivity index (χ4n) is 1.68. The van der Waals surface area contributed by atoms with E-state index in [9.17, 15) is 4.79 Å². The van der Waals surface area contributed by atoms with Gasteiger partial charge >= 0.3 is 5.97 Å². The van der Waals surface area contributed by atoms with E-state index in [1.165, 1.54) is 11.3 Å². The van der Waals surface area contributed by atoms with Crippen LogP contribution in [0.3, 0.4) is 0 Å². The first-order valence-electron chi connectivity index (χ1n) is 4.38. The number of H-pyrrole nitrogens is 1. The quantitative estimate of drug-likeness (QED) is 0.612. The van der Waals surface area contributed by atoms with Crippen LogP contribution in [0, 0.1) is 0 Å². The SMILES string of the molecule is O=C(O)Cc1cc2c([nH]1)CCNC2. The minimum atomic E-state index is -0.786. The third kappa shape index (κ3) is 1.72. The molecular formula is C9H12N2O2. The molecule has 0 fully saturated rings. The summed E-state index contributed by atoms with van der Waals surface area (Å²) in [5.74, 6) is -0.786. The molecule has 4 nitrogen and oxygen atoms in total. The Morgan fingerprint density at radius 2 is 2.46 bits per heavy atom. The van der Waals surface area contributed by atoms with Crippen molar-refractivity contribution in [2.24, 2.45) is 0 Å². The topological polar surface area (TPSA) is 65.1 Å². The summed E-state index contributed by atoms with van der Waals surface area (Å²) in [6.07, 6.45) is 1.06. The second kappa shape index (κ2) is 3.22. The van der Waals surface area contributed by atoms with Gasteiger partial charge in [-0.25, -0.2) is 0 Å². The maximum Gasteiger partial charge on any atom is 0.309 e. The van der Waals surface area contributed by atoms with Gasteiger partial charge in [0.25, 0.3) is 0 Å². The monoisotopic (exact) mass is 180 g/mol. The molecule has 1 aliphatic heterocycles. The van der Waals surface area contributed by atoms with E-state index in [0.29, 0.717) is 0 Å². The lowest BCUT2D eigenvalue weighted by Crippen LogP contribution is -2.22. The smallest absolute Gasteiger partial charge is 0.309 e. The van der Waals surface area contributed by atoms with Crippen molar-refractivity contribution in [2.45, 2.75) is 19.4 Å². The van der Waals surface area contributed by atoms with Crippen LogP contribution in [0.15, 0.2) is 6.07 Å². The molecule has 2 rings (SSSR count). The molecule has 0 aliphatic carbocycles. The molecule has 13 heavy (non-hydrogen) atoms. The Kier molecular flexibility index (Phi) is 2.06. The molecule has 1 aromatic heterocycles. The zero-order valence-corrected chi connectivity index (χ0v) is 7.26. The summed E-state index contributed by atoms with van der Waals surface area (Å²) in [5, 5.41) is 11.8. The van der Waals surface area contributed by atoms with E-state index in [4.69, 9.17) is 5.11 Å². The number of hydrogen-bond donors (Lipinski definition) is 3. The molecule has 0 saturated heterocycles. The molecule has 1 aromatic rings. The first-order chi connectivity index (χ1) is 6.25. The van der Waals surface area contributed by atoms with E-state index in [0.717, 1.165) is 25.2 Å². The third-order valence-electron chi connectivity index (χ3n) is 2.26. The van der Waals surface area contributed by atoms with Crippen LogP contribution in [0.1, 0.15) is 17.0 Å². The molecule has 0 unspecified atom stereocenters. The lowest BCUT2D eigenvalue weighted by molar-refractivity contribution is -0.136. The Hall–Kier alpha value is -1.29. The fraction of sp³-hybridized carbons (Fsp3) is 0.444. The summed E-state index contributed by atoms with van der Waals surface area (Å²) < 4.78 is 0. The van der Waals surface area contributed by atoms with Gasteiger partial charge in [-0.2, -0.15) is 0 Å². The number of aliphatic carboxylic acids is 1. The Bertz CT molecular complexity index is 307. The van der Waals surface area contributed by atoms with Gasteiger partial charge in [0, 0.05) is 30.9 Å². The number of carboxylic acids is 1. The van der Waals surface area contributed by atoms with Crippen LogP contribution in [0.2, 0.25) is 0 Å². The average Bonchev–Trinajstić information content (AvgIpc) is 2.44. The second-order valence-corrected chi connectivity index (χ2v) is 3.30.